The van der Waals surface area contributed by atoms with Crippen molar-refractivity contribution in [2.45, 2.75) is 25.0 Å². The minimum Gasteiger partial charge on any atom is -0.479 e. The monoisotopic (exact) mass is 431 g/mol. The Morgan fingerprint density at radius 1 is 1.00 bits per heavy atom. The Kier molecular flexibility index (Phi) is 6.18. The molecule has 9 nitrogen and oxygen atoms in total. The Bertz CT molecular complexity index is 1220. The molecule has 2 aromatic heterocycles. The second kappa shape index (κ2) is 9.36. The molecule has 0 bridgehead atoms. The first-order valence-electron chi connectivity index (χ1n) is 10.0. The average Bonchev–Trinajstić information content (AvgIpc) is 3.28. The Morgan fingerprint density at radius 3 is 2.44 bits per heavy atom. The first-order valence-corrected chi connectivity index (χ1v) is 10.0. The summed E-state index contributed by atoms with van der Waals surface area (Å²) >= 11 is 0. The van der Waals surface area contributed by atoms with Crippen LogP contribution in [-0.4, -0.2) is 54.6 Å². The number of aliphatic hydroxyl groups excluding tert-OH is 1. The van der Waals surface area contributed by atoms with Gasteiger partial charge < -0.3 is 15.5 Å². The number of hydrogen-bond donors (Lipinski definition) is 4. The van der Waals surface area contributed by atoms with Crippen LogP contribution >= 0.6 is 0 Å². The van der Waals surface area contributed by atoms with E-state index < -0.39 is 24.0 Å². The summed E-state index contributed by atoms with van der Waals surface area (Å²) in [7, 11) is 0. The van der Waals surface area contributed by atoms with Crippen LogP contribution < -0.4 is 5.32 Å². The third kappa shape index (κ3) is 4.96. The standard InChI is InChI=1S/C23H21N5O4/c29-20(23(31)32)12-18(25-22(30)17-11-19-21(24-13-17)27-28-26-19)10-14-6-8-16(9-7-14)15-4-2-1-3-5-15/h1-9,11,13,18,20,29H,10,12H2,(H,25,30)(H,31,32)(H,24,26,27,28)/t18-,20-/m1/s1. The summed E-state index contributed by atoms with van der Waals surface area (Å²) in [5.41, 5.74) is 4.13. The number of rotatable bonds is 8. The molecule has 0 aliphatic heterocycles. The molecule has 162 valence electrons. The van der Waals surface area contributed by atoms with Crippen molar-refractivity contribution in [3.63, 3.8) is 0 Å². The SMILES string of the molecule is O=C(N[C@H](Cc1ccc(-c2ccccc2)cc1)C[C@@H](O)C(=O)O)c1cnc2n[nH]nc2c1. The molecule has 2 atom stereocenters. The zero-order valence-electron chi connectivity index (χ0n) is 17.0. The molecule has 4 N–H and O–H groups in total. The van der Waals surface area contributed by atoms with Crippen molar-refractivity contribution >= 4 is 23.0 Å². The van der Waals surface area contributed by atoms with E-state index in [9.17, 15) is 14.7 Å². The van der Waals surface area contributed by atoms with Crippen LogP contribution in [0.5, 0.6) is 0 Å². The van der Waals surface area contributed by atoms with E-state index in [0.29, 0.717) is 17.6 Å². The highest BCUT2D eigenvalue weighted by Crippen LogP contribution is 2.20. The second-order valence-corrected chi connectivity index (χ2v) is 7.42. The molecule has 9 heteroatoms. The predicted molar refractivity (Wildman–Crippen MR) is 117 cm³/mol. The zero-order chi connectivity index (χ0) is 22.5. The Labute approximate surface area is 183 Å². The molecule has 4 aromatic rings. The second-order valence-electron chi connectivity index (χ2n) is 7.42. The maximum Gasteiger partial charge on any atom is 0.332 e. The number of carboxylic acids is 1. The zero-order valence-corrected chi connectivity index (χ0v) is 17.0. The van der Waals surface area contributed by atoms with Gasteiger partial charge in [0.25, 0.3) is 5.91 Å². The minimum atomic E-state index is -1.60. The van der Waals surface area contributed by atoms with Crippen LogP contribution in [0.25, 0.3) is 22.3 Å². The number of H-pyrrole nitrogens is 1. The van der Waals surface area contributed by atoms with Crippen molar-refractivity contribution in [1.82, 2.24) is 25.7 Å². The lowest BCUT2D eigenvalue weighted by atomic mass is 9.97. The predicted octanol–water partition coefficient (Wildman–Crippen LogP) is 2.20. The van der Waals surface area contributed by atoms with Gasteiger partial charge in [-0.05, 0) is 29.2 Å². The van der Waals surface area contributed by atoms with E-state index >= 15 is 0 Å². The number of fused-ring (bicyclic) bond motifs is 1. The number of pyridine rings is 1. The molecule has 0 radical (unpaired) electrons. The molecule has 1 amide bonds. The van der Waals surface area contributed by atoms with Crippen LogP contribution in [-0.2, 0) is 11.2 Å². The van der Waals surface area contributed by atoms with Gasteiger partial charge in [0.1, 0.15) is 5.52 Å². The van der Waals surface area contributed by atoms with E-state index in [2.05, 4.69) is 25.7 Å². The van der Waals surface area contributed by atoms with E-state index in [0.717, 1.165) is 16.7 Å². The smallest absolute Gasteiger partial charge is 0.332 e. The summed E-state index contributed by atoms with van der Waals surface area (Å²) in [5.74, 6) is -1.78. The quantitative estimate of drug-likeness (QED) is 0.335. The molecular weight excluding hydrogens is 410 g/mol. The third-order valence-electron chi connectivity index (χ3n) is 5.11. The van der Waals surface area contributed by atoms with Crippen LogP contribution in [0.15, 0.2) is 66.9 Å². The number of benzene rings is 2. The number of nitrogens with one attached hydrogen (secondary N) is 2. The summed E-state index contributed by atoms with van der Waals surface area (Å²) in [5, 5.41) is 32.0. The Balaban J connectivity index is 1.50. The number of carbonyl (C=O) groups is 2. The fraction of sp³-hybridized carbons (Fsp3) is 0.174. The van der Waals surface area contributed by atoms with Crippen LogP contribution in [0.2, 0.25) is 0 Å². The van der Waals surface area contributed by atoms with Crippen LogP contribution in [0.1, 0.15) is 22.3 Å². The molecular formula is C23H21N5O4. The van der Waals surface area contributed by atoms with E-state index in [1.54, 1.807) is 6.07 Å². The van der Waals surface area contributed by atoms with Gasteiger partial charge in [0, 0.05) is 18.7 Å². The Morgan fingerprint density at radius 2 is 1.72 bits per heavy atom. The molecule has 0 aliphatic rings. The number of aromatic nitrogens is 4. The molecule has 0 unspecified atom stereocenters. The fourth-order valence-electron chi connectivity index (χ4n) is 3.45. The Hall–Kier alpha value is -4.11. The lowest BCUT2D eigenvalue weighted by Crippen LogP contribution is -2.40. The van der Waals surface area contributed by atoms with Gasteiger partial charge in [-0.3, -0.25) is 4.79 Å². The molecule has 32 heavy (non-hydrogen) atoms. The lowest BCUT2D eigenvalue weighted by Gasteiger charge is -2.20. The number of aliphatic hydroxyl groups is 1. The van der Waals surface area contributed by atoms with Gasteiger partial charge in [0.2, 0.25) is 5.65 Å². The molecule has 0 spiro atoms. The molecule has 0 fully saturated rings. The highest BCUT2D eigenvalue weighted by molar-refractivity contribution is 5.96. The number of carboxylic acid groups (broad SMARTS) is 1. The topological polar surface area (TPSA) is 141 Å². The summed E-state index contributed by atoms with van der Waals surface area (Å²) in [4.78, 5) is 28.0. The maximum absolute atomic E-state index is 12.8. The number of aromatic amines is 1. The third-order valence-corrected chi connectivity index (χ3v) is 5.11. The van der Waals surface area contributed by atoms with Gasteiger partial charge in [0.05, 0.1) is 5.56 Å². The largest absolute Gasteiger partial charge is 0.479 e. The summed E-state index contributed by atoms with van der Waals surface area (Å²) < 4.78 is 0. The summed E-state index contributed by atoms with van der Waals surface area (Å²) in [6.07, 6.45) is -0.00845. The van der Waals surface area contributed by atoms with E-state index in [1.807, 2.05) is 54.6 Å². The van der Waals surface area contributed by atoms with Gasteiger partial charge in [-0.15, -0.1) is 5.10 Å². The summed E-state index contributed by atoms with van der Waals surface area (Å²) in [6.45, 7) is 0. The normalized spacial score (nSPS) is 12.9. The van der Waals surface area contributed by atoms with E-state index in [1.165, 1.54) is 6.20 Å². The molecule has 4 rings (SSSR count). The van der Waals surface area contributed by atoms with Crippen molar-refractivity contribution in [1.29, 1.82) is 0 Å². The lowest BCUT2D eigenvalue weighted by molar-refractivity contribution is -0.147. The van der Waals surface area contributed by atoms with Crippen LogP contribution in [0.4, 0.5) is 0 Å². The molecule has 0 saturated heterocycles. The first-order chi connectivity index (χ1) is 15.5. The fourth-order valence-corrected chi connectivity index (χ4v) is 3.45. The van der Waals surface area contributed by atoms with Crippen LogP contribution in [0, 0.1) is 0 Å². The van der Waals surface area contributed by atoms with Crippen molar-refractivity contribution in [2.75, 3.05) is 0 Å². The average molecular weight is 431 g/mol. The van der Waals surface area contributed by atoms with E-state index in [4.69, 9.17) is 5.11 Å². The highest BCUT2D eigenvalue weighted by atomic mass is 16.4. The van der Waals surface area contributed by atoms with Gasteiger partial charge in [0.15, 0.2) is 6.10 Å². The number of aliphatic carboxylic acids is 1. The number of hydrogen-bond acceptors (Lipinski definition) is 6. The molecule has 2 heterocycles. The van der Waals surface area contributed by atoms with Gasteiger partial charge in [-0.1, -0.05) is 54.6 Å². The molecule has 0 saturated carbocycles. The van der Waals surface area contributed by atoms with Gasteiger partial charge in [-0.25, -0.2) is 9.78 Å². The van der Waals surface area contributed by atoms with E-state index in [-0.39, 0.29) is 12.0 Å². The minimum absolute atomic E-state index is 0.138. The van der Waals surface area contributed by atoms with Crippen molar-refractivity contribution in [2.24, 2.45) is 0 Å². The van der Waals surface area contributed by atoms with Crippen molar-refractivity contribution in [3.05, 3.63) is 78.0 Å². The number of carbonyl (C=O) groups excluding carboxylic acids is 1. The number of nitrogens with zero attached hydrogens (tertiary/aromatic N) is 3. The van der Waals surface area contributed by atoms with Gasteiger partial charge in [-0.2, -0.15) is 10.3 Å². The molecule has 2 aromatic carbocycles. The first kappa shape index (κ1) is 21.1. The van der Waals surface area contributed by atoms with Crippen molar-refractivity contribution < 1.29 is 19.8 Å². The van der Waals surface area contributed by atoms with Crippen molar-refractivity contribution in [3.8, 4) is 11.1 Å². The van der Waals surface area contributed by atoms with Gasteiger partial charge >= 0.3 is 5.97 Å². The molecule has 0 aliphatic carbocycles. The summed E-state index contributed by atoms with van der Waals surface area (Å²) in [6, 6.07) is 18.6. The highest BCUT2D eigenvalue weighted by Gasteiger charge is 2.23. The number of amides is 1. The maximum atomic E-state index is 12.8. The van der Waals surface area contributed by atoms with Crippen LogP contribution in [0.3, 0.4) is 0 Å².